The molecule has 3 nitrogen and oxygen atoms in total. The Balaban J connectivity index is 1.77. The molecule has 2 heterocycles. The van der Waals surface area contributed by atoms with Crippen LogP contribution in [0.4, 0.5) is 0 Å². The molecule has 0 spiro atoms. The van der Waals surface area contributed by atoms with Gasteiger partial charge in [0.25, 0.3) is 0 Å². The number of rotatable bonds is 3. The molecule has 14 heavy (non-hydrogen) atoms. The fourth-order valence-corrected chi connectivity index (χ4v) is 2.16. The third kappa shape index (κ3) is 2.33. The third-order valence-corrected chi connectivity index (χ3v) is 3.21. The van der Waals surface area contributed by atoms with Gasteiger partial charge in [-0.3, -0.25) is 4.79 Å². The zero-order valence-corrected chi connectivity index (χ0v) is 8.76. The normalized spacial score (nSPS) is 16.1. The van der Waals surface area contributed by atoms with Crippen LogP contribution in [0.3, 0.4) is 0 Å². The third-order valence-electron chi connectivity index (χ3n) is 2.27. The van der Waals surface area contributed by atoms with E-state index in [1.54, 1.807) is 16.2 Å². The van der Waals surface area contributed by atoms with E-state index in [-0.39, 0.29) is 5.91 Å². The Morgan fingerprint density at radius 3 is 3.21 bits per heavy atom. The summed E-state index contributed by atoms with van der Waals surface area (Å²) in [5.74, 6) is 0.205. The molecule has 76 valence electrons. The van der Waals surface area contributed by atoms with E-state index >= 15 is 0 Å². The van der Waals surface area contributed by atoms with Crippen LogP contribution in [0, 0.1) is 0 Å². The molecule has 1 saturated heterocycles. The number of hydrogen-bond donors (Lipinski definition) is 0. The van der Waals surface area contributed by atoms with Gasteiger partial charge in [0.1, 0.15) is 6.73 Å². The summed E-state index contributed by atoms with van der Waals surface area (Å²) in [7, 11) is 0. The average molecular weight is 211 g/mol. The Kier molecular flexibility index (Phi) is 3.16. The number of hydrogen-bond acceptors (Lipinski definition) is 3. The van der Waals surface area contributed by atoms with Crippen molar-refractivity contribution in [1.82, 2.24) is 4.90 Å². The van der Waals surface area contributed by atoms with E-state index in [1.807, 2.05) is 11.4 Å². The van der Waals surface area contributed by atoms with Crippen LogP contribution in [0.15, 0.2) is 17.5 Å². The number of nitrogens with zero attached hydrogens (tertiary/aromatic N) is 1. The van der Waals surface area contributed by atoms with Crippen molar-refractivity contribution in [2.45, 2.75) is 12.8 Å². The SMILES string of the molecule is O=C(CCc1cccs1)N1CCOC1. The summed E-state index contributed by atoms with van der Waals surface area (Å²) in [5, 5.41) is 2.04. The van der Waals surface area contributed by atoms with E-state index in [4.69, 9.17) is 4.74 Å². The molecule has 4 heteroatoms. The van der Waals surface area contributed by atoms with Crippen molar-refractivity contribution < 1.29 is 9.53 Å². The highest BCUT2D eigenvalue weighted by molar-refractivity contribution is 7.09. The van der Waals surface area contributed by atoms with Crippen molar-refractivity contribution in [2.24, 2.45) is 0 Å². The van der Waals surface area contributed by atoms with Gasteiger partial charge in [0.15, 0.2) is 0 Å². The molecule has 1 amide bonds. The number of thiophene rings is 1. The zero-order valence-electron chi connectivity index (χ0n) is 7.94. The lowest BCUT2D eigenvalue weighted by Gasteiger charge is -2.12. The molecule has 1 aliphatic rings. The second-order valence-corrected chi connectivity index (χ2v) is 4.31. The summed E-state index contributed by atoms with van der Waals surface area (Å²) < 4.78 is 5.12. The molecule has 0 bridgehead atoms. The molecule has 1 fully saturated rings. The van der Waals surface area contributed by atoms with E-state index in [2.05, 4.69) is 6.07 Å². The maximum absolute atomic E-state index is 11.6. The van der Waals surface area contributed by atoms with Gasteiger partial charge in [-0.1, -0.05) is 6.07 Å². The molecule has 1 aromatic rings. The Morgan fingerprint density at radius 2 is 2.57 bits per heavy atom. The van der Waals surface area contributed by atoms with Gasteiger partial charge in [0.05, 0.1) is 6.61 Å². The monoisotopic (exact) mass is 211 g/mol. The van der Waals surface area contributed by atoms with Crippen molar-refractivity contribution in [2.75, 3.05) is 19.9 Å². The van der Waals surface area contributed by atoms with E-state index < -0.39 is 0 Å². The van der Waals surface area contributed by atoms with Crippen molar-refractivity contribution in [3.05, 3.63) is 22.4 Å². The Hall–Kier alpha value is -0.870. The van der Waals surface area contributed by atoms with Crippen molar-refractivity contribution >= 4 is 17.2 Å². The van der Waals surface area contributed by atoms with Gasteiger partial charge < -0.3 is 9.64 Å². The maximum atomic E-state index is 11.6. The molecule has 0 saturated carbocycles. The predicted molar refractivity (Wildman–Crippen MR) is 55.2 cm³/mol. The van der Waals surface area contributed by atoms with Gasteiger partial charge >= 0.3 is 0 Å². The van der Waals surface area contributed by atoms with Crippen LogP contribution in [0.5, 0.6) is 0 Å². The largest absolute Gasteiger partial charge is 0.359 e. The van der Waals surface area contributed by atoms with E-state index in [9.17, 15) is 4.79 Å². The lowest BCUT2D eigenvalue weighted by atomic mass is 10.2. The molecule has 1 aromatic heterocycles. The lowest BCUT2D eigenvalue weighted by molar-refractivity contribution is -0.131. The smallest absolute Gasteiger partial charge is 0.224 e. The first-order valence-corrected chi connectivity index (χ1v) is 5.62. The Labute approximate surface area is 87.3 Å². The average Bonchev–Trinajstić information content (AvgIpc) is 2.87. The molecule has 0 atom stereocenters. The quantitative estimate of drug-likeness (QED) is 0.758. The molecule has 0 unspecified atom stereocenters. The van der Waals surface area contributed by atoms with Gasteiger partial charge in [0, 0.05) is 17.8 Å². The van der Waals surface area contributed by atoms with Crippen LogP contribution >= 0.6 is 11.3 Å². The molecular weight excluding hydrogens is 198 g/mol. The van der Waals surface area contributed by atoms with Crippen LogP contribution in [0.2, 0.25) is 0 Å². The van der Waals surface area contributed by atoms with Crippen LogP contribution in [-0.2, 0) is 16.0 Å². The molecule has 0 radical (unpaired) electrons. The zero-order chi connectivity index (χ0) is 9.80. The maximum Gasteiger partial charge on any atom is 0.224 e. The van der Waals surface area contributed by atoms with Crippen LogP contribution in [0.1, 0.15) is 11.3 Å². The summed E-state index contributed by atoms with van der Waals surface area (Å²) in [6, 6.07) is 4.09. The van der Waals surface area contributed by atoms with E-state index in [0.29, 0.717) is 19.8 Å². The molecule has 0 N–H and O–H groups in total. The highest BCUT2D eigenvalue weighted by atomic mass is 32.1. The fourth-order valence-electron chi connectivity index (χ4n) is 1.45. The Bertz CT molecular complexity index is 291. The first-order valence-electron chi connectivity index (χ1n) is 4.74. The number of ether oxygens (including phenoxy) is 1. The number of carbonyl (C=O) groups is 1. The summed E-state index contributed by atoms with van der Waals surface area (Å²) in [6.45, 7) is 1.91. The molecule has 0 aromatic carbocycles. The minimum Gasteiger partial charge on any atom is -0.359 e. The topological polar surface area (TPSA) is 29.5 Å². The van der Waals surface area contributed by atoms with Gasteiger partial charge in [-0.05, 0) is 17.9 Å². The predicted octanol–water partition coefficient (Wildman–Crippen LogP) is 1.50. The minimum absolute atomic E-state index is 0.205. The van der Waals surface area contributed by atoms with Crippen molar-refractivity contribution in [3.63, 3.8) is 0 Å². The summed E-state index contributed by atoms with van der Waals surface area (Å²) in [4.78, 5) is 14.6. The van der Waals surface area contributed by atoms with Gasteiger partial charge in [-0.2, -0.15) is 0 Å². The first-order chi connectivity index (χ1) is 6.86. The summed E-state index contributed by atoms with van der Waals surface area (Å²) in [6.07, 6.45) is 1.46. The van der Waals surface area contributed by atoms with E-state index in [0.717, 1.165) is 13.0 Å². The van der Waals surface area contributed by atoms with Gasteiger partial charge in [0.2, 0.25) is 5.91 Å². The van der Waals surface area contributed by atoms with E-state index in [1.165, 1.54) is 4.88 Å². The second-order valence-electron chi connectivity index (χ2n) is 3.27. The summed E-state index contributed by atoms with van der Waals surface area (Å²) in [5.41, 5.74) is 0. The molecule has 1 aliphatic heterocycles. The standard InChI is InChI=1S/C10H13NO2S/c12-10(11-5-6-13-8-11)4-3-9-2-1-7-14-9/h1-2,7H,3-6,8H2. The Morgan fingerprint density at radius 1 is 1.64 bits per heavy atom. The lowest BCUT2D eigenvalue weighted by Crippen LogP contribution is -2.28. The summed E-state index contributed by atoms with van der Waals surface area (Å²) >= 11 is 1.71. The van der Waals surface area contributed by atoms with Crippen molar-refractivity contribution in [3.8, 4) is 0 Å². The van der Waals surface area contributed by atoms with Gasteiger partial charge in [-0.15, -0.1) is 11.3 Å². The molecular formula is C10H13NO2S. The first kappa shape index (κ1) is 9.68. The minimum atomic E-state index is 0.205. The highest BCUT2D eigenvalue weighted by Crippen LogP contribution is 2.12. The van der Waals surface area contributed by atoms with Crippen LogP contribution in [0.25, 0.3) is 0 Å². The second kappa shape index (κ2) is 4.57. The molecule has 0 aliphatic carbocycles. The fraction of sp³-hybridized carbons (Fsp3) is 0.500. The number of carbonyl (C=O) groups excluding carboxylic acids is 1. The number of aryl methyl sites for hydroxylation is 1. The van der Waals surface area contributed by atoms with Crippen LogP contribution in [-0.4, -0.2) is 30.7 Å². The van der Waals surface area contributed by atoms with Gasteiger partial charge in [-0.25, -0.2) is 0 Å². The highest BCUT2D eigenvalue weighted by Gasteiger charge is 2.17. The van der Waals surface area contributed by atoms with Crippen LogP contribution < -0.4 is 0 Å². The molecule has 2 rings (SSSR count). The number of amides is 1. The van der Waals surface area contributed by atoms with Crippen molar-refractivity contribution in [1.29, 1.82) is 0 Å².